The number of thioether (sulfide) groups is 1. The number of hydrogen-bond donors (Lipinski definition) is 0. The fourth-order valence-electron chi connectivity index (χ4n) is 3.44. The maximum atomic E-state index is 13.1. The molecule has 1 amide bonds. The van der Waals surface area contributed by atoms with Gasteiger partial charge >= 0.3 is 0 Å². The summed E-state index contributed by atoms with van der Waals surface area (Å²) in [5.74, 6) is 0.360. The van der Waals surface area contributed by atoms with Gasteiger partial charge in [0.1, 0.15) is 0 Å². The number of likely N-dealkylation sites (tertiary alicyclic amines) is 1. The van der Waals surface area contributed by atoms with E-state index in [2.05, 4.69) is 9.97 Å². The van der Waals surface area contributed by atoms with Crippen molar-refractivity contribution in [1.29, 1.82) is 0 Å². The van der Waals surface area contributed by atoms with Crippen LogP contribution in [-0.2, 0) is 4.79 Å². The molecule has 7 heteroatoms. The van der Waals surface area contributed by atoms with Gasteiger partial charge in [-0.15, -0.1) is 0 Å². The maximum Gasteiger partial charge on any atom is 0.268 e. The predicted molar refractivity (Wildman–Crippen MR) is 111 cm³/mol. The molecule has 1 aliphatic rings. The molecule has 0 atom stereocenters. The molecular weight excluding hydrogens is 372 g/mol. The first-order valence-electron chi connectivity index (χ1n) is 9.58. The van der Waals surface area contributed by atoms with Crippen LogP contribution in [0.4, 0.5) is 0 Å². The molecule has 1 fully saturated rings. The third-order valence-corrected chi connectivity index (χ3v) is 5.83. The van der Waals surface area contributed by atoms with Gasteiger partial charge in [0.25, 0.3) is 5.56 Å². The molecule has 0 aliphatic carbocycles. The zero-order valence-electron chi connectivity index (χ0n) is 15.6. The van der Waals surface area contributed by atoms with Gasteiger partial charge in [0.15, 0.2) is 10.8 Å². The van der Waals surface area contributed by atoms with Gasteiger partial charge in [0, 0.05) is 19.3 Å². The summed E-state index contributed by atoms with van der Waals surface area (Å²) in [7, 11) is 0. The number of nitrogens with zero attached hydrogens (tertiary/aromatic N) is 4. The molecule has 3 aromatic rings. The third kappa shape index (κ3) is 3.94. The number of fused-ring (bicyclic) bond motifs is 1. The fourth-order valence-corrected chi connectivity index (χ4v) is 4.34. The normalized spacial score (nSPS) is 14.8. The van der Waals surface area contributed by atoms with E-state index in [4.69, 9.17) is 0 Å². The van der Waals surface area contributed by atoms with E-state index in [0.717, 1.165) is 31.6 Å². The molecule has 2 aromatic heterocycles. The van der Waals surface area contributed by atoms with Gasteiger partial charge in [0.05, 0.1) is 16.8 Å². The highest BCUT2D eigenvalue weighted by Gasteiger charge is 2.19. The average Bonchev–Trinajstić information content (AvgIpc) is 3.02. The highest BCUT2D eigenvalue weighted by molar-refractivity contribution is 7.99. The molecule has 0 saturated carbocycles. The molecule has 0 unspecified atom stereocenters. The van der Waals surface area contributed by atoms with E-state index in [-0.39, 0.29) is 17.2 Å². The number of pyridine rings is 1. The van der Waals surface area contributed by atoms with Crippen LogP contribution in [0.5, 0.6) is 0 Å². The van der Waals surface area contributed by atoms with Crippen molar-refractivity contribution < 1.29 is 4.79 Å². The van der Waals surface area contributed by atoms with Crippen molar-refractivity contribution in [3.05, 3.63) is 59.0 Å². The zero-order valence-corrected chi connectivity index (χ0v) is 16.4. The number of para-hydroxylation sites is 1. The lowest BCUT2D eigenvalue weighted by Gasteiger charge is -2.20. The summed E-state index contributed by atoms with van der Waals surface area (Å²) in [5.41, 5.74) is 0.967. The van der Waals surface area contributed by atoms with Crippen LogP contribution < -0.4 is 5.56 Å². The molecule has 0 bridgehead atoms. The van der Waals surface area contributed by atoms with Crippen molar-refractivity contribution in [1.82, 2.24) is 19.4 Å². The second kappa shape index (κ2) is 8.56. The van der Waals surface area contributed by atoms with E-state index in [1.807, 2.05) is 35.2 Å². The number of rotatable bonds is 4. The van der Waals surface area contributed by atoms with Crippen LogP contribution in [0.25, 0.3) is 16.7 Å². The number of benzene rings is 1. The minimum Gasteiger partial charge on any atom is -0.342 e. The Morgan fingerprint density at radius 3 is 2.50 bits per heavy atom. The van der Waals surface area contributed by atoms with Gasteiger partial charge < -0.3 is 4.90 Å². The first-order valence-corrected chi connectivity index (χ1v) is 10.6. The molecule has 1 saturated heterocycles. The van der Waals surface area contributed by atoms with Gasteiger partial charge in [-0.2, -0.15) is 0 Å². The Morgan fingerprint density at radius 1 is 1.00 bits per heavy atom. The number of hydrogen-bond acceptors (Lipinski definition) is 5. The van der Waals surface area contributed by atoms with Gasteiger partial charge in [-0.1, -0.05) is 42.8 Å². The van der Waals surface area contributed by atoms with Gasteiger partial charge in [-0.25, -0.2) is 9.97 Å². The first-order chi connectivity index (χ1) is 13.7. The second-order valence-corrected chi connectivity index (χ2v) is 7.77. The number of amides is 1. The highest BCUT2D eigenvalue weighted by atomic mass is 32.2. The van der Waals surface area contributed by atoms with Crippen LogP contribution in [0, 0.1) is 0 Å². The lowest BCUT2D eigenvalue weighted by atomic mass is 10.2. The molecule has 0 N–H and O–H groups in total. The van der Waals surface area contributed by atoms with Crippen molar-refractivity contribution in [3.63, 3.8) is 0 Å². The van der Waals surface area contributed by atoms with Crippen LogP contribution in [0.2, 0.25) is 0 Å². The van der Waals surface area contributed by atoms with E-state index in [9.17, 15) is 9.59 Å². The Balaban J connectivity index is 1.67. The smallest absolute Gasteiger partial charge is 0.268 e. The quantitative estimate of drug-likeness (QED) is 0.502. The van der Waals surface area contributed by atoms with Crippen LogP contribution >= 0.6 is 11.8 Å². The first kappa shape index (κ1) is 18.7. The molecule has 0 radical (unpaired) electrons. The molecule has 28 heavy (non-hydrogen) atoms. The largest absolute Gasteiger partial charge is 0.342 e. The summed E-state index contributed by atoms with van der Waals surface area (Å²) in [4.78, 5) is 36.6. The zero-order chi connectivity index (χ0) is 19.3. The van der Waals surface area contributed by atoms with E-state index in [1.54, 1.807) is 22.9 Å². The molecule has 0 spiro atoms. The summed E-state index contributed by atoms with van der Waals surface area (Å²) in [5, 5.41) is 0.958. The summed E-state index contributed by atoms with van der Waals surface area (Å²) >= 11 is 1.30. The lowest BCUT2D eigenvalue weighted by Crippen LogP contribution is -2.33. The van der Waals surface area contributed by atoms with E-state index in [1.165, 1.54) is 24.6 Å². The van der Waals surface area contributed by atoms with Gasteiger partial charge in [-0.3, -0.25) is 14.2 Å². The van der Waals surface area contributed by atoms with Gasteiger partial charge in [0.2, 0.25) is 5.91 Å². The predicted octanol–water partition coefficient (Wildman–Crippen LogP) is 3.28. The molecule has 6 nitrogen and oxygen atoms in total. The van der Waals surface area contributed by atoms with Crippen LogP contribution in [0.1, 0.15) is 25.7 Å². The molecule has 144 valence electrons. The monoisotopic (exact) mass is 394 g/mol. The SMILES string of the molecule is O=C(CSc1nc2ncccc2c(=O)n1-c1ccccc1)N1CCCCCC1. The number of carbonyl (C=O) groups is 1. The van der Waals surface area contributed by atoms with E-state index >= 15 is 0 Å². The Labute approximate surface area is 167 Å². The average molecular weight is 395 g/mol. The molecular formula is C21H22N4O2S. The van der Waals surface area contributed by atoms with Crippen molar-refractivity contribution in [2.45, 2.75) is 30.8 Å². The topological polar surface area (TPSA) is 68.1 Å². The summed E-state index contributed by atoms with van der Waals surface area (Å²) < 4.78 is 1.57. The maximum absolute atomic E-state index is 13.1. The highest BCUT2D eigenvalue weighted by Crippen LogP contribution is 2.21. The molecule has 1 aliphatic heterocycles. The Kier molecular flexibility index (Phi) is 5.71. The second-order valence-electron chi connectivity index (χ2n) is 6.83. The fraction of sp³-hybridized carbons (Fsp3) is 0.333. The minimum atomic E-state index is -0.172. The minimum absolute atomic E-state index is 0.0990. The summed E-state index contributed by atoms with van der Waals surface area (Å²) in [6.45, 7) is 1.63. The van der Waals surface area contributed by atoms with E-state index < -0.39 is 0 Å². The van der Waals surface area contributed by atoms with E-state index in [0.29, 0.717) is 16.2 Å². The molecule has 3 heterocycles. The lowest BCUT2D eigenvalue weighted by molar-refractivity contribution is -0.128. The van der Waals surface area contributed by atoms with Crippen molar-refractivity contribution >= 4 is 28.7 Å². The number of aromatic nitrogens is 3. The molecule has 4 rings (SSSR count). The van der Waals surface area contributed by atoms with Crippen LogP contribution in [-0.4, -0.2) is 44.2 Å². The Hall–Kier alpha value is -2.67. The Morgan fingerprint density at radius 2 is 1.75 bits per heavy atom. The van der Waals surface area contributed by atoms with Crippen molar-refractivity contribution in [2.75, 3.05) is 18.8 Å². The van der Waals surface area contributed by atoms with Crippen LogP contribution in [0.15, 0.2) is 58.6 Å². The molecule has 1 aromatic carbocycles. The van der Waals surface area contributed by atoms with Crippen molar-refractivity contribution in [2.24, 2.45) is 0 Å². The standard InChI is InChI=1S/C21H22N4O2S/c26-18(24-13-6-1-2-7-14-24)15-28-21-23-19-17(11-8-12-22-19)20(27)25(21)16-9-4-3-5-10-16/h3-5,8-12H,1-2,6-7,13-15H2. The van der Waals surface area contributed by atoms with Gasteiger partial charge in [-0.05, 0) is 37.1 Å². The van der Waals surface area contributed by atoms with Crippen molar-refractivity contribution in [3.8, 4) is 5.69 Å². The summed E-state index contributed by atoms with van der Waals surface area (Å²) in [6, 6.07) is 12.9. The third-order valence-electron chi connectivity index (χ3n) is 4.91. The number of carbonyl (C=O) groups excluding carboxylic acids is 1. The Bertz CT molecular complexity index is 1030. The van der Waals surface area contributed by atoms with Crippen LogP contribution in [0.3, 0.4) is 0 Å². The summed E-state index contributed by atoms with van der Waals surface area (Å²) in [6.07, 6.45) is 6.11.